The quantitative estimate of drug-likeness (QED) is 0.592. The lowest BCUT2D eigenvalue weighted by Crippen LogP contribution is -2.36. The van der Waals surface area contributed by atoms with Crippen LogP contribution < -0.4 is 16.0 Å². The maximum Gasteiger partial charge on any atom is 0.314 e. The lowest BCUT2D eigenvalue weighted by Gasteiger charge is -2.22. The molecule has 0 aromatic heterocycles. The van der Waals surface area contributed by atoms with Gasteiger partial charge in [0.2, 0.25) is 0 Å². The van der Waals surface area contributed by atoms with Crippen LogP contribution in [0.3, 0.4) is 0 Å². The van der Waals surface area contributed by atoms with E-state index in [-0.39, 0.29) is 6.03 Å². The third-order valence-corrected chi connectivity index (χ3v) is 2.46. The minimum absolute atomic E-state index is 0.0798. The zero-order valence-corrected chi connectivity index (χ0v) is 8.23. The van der Waals surface area contributed by atoms with Crippen LogP contribution in [0.15, 0.2) is 0 Å². The molecule has 1 rings (SSSR count). The topological polar surface area (TPSA) is 53.2 Å². The van der Waals surface area contributed by atoms with E-state index in [0.717, 1.165) is 32.0 Å². The number of nitrogens with one attached hydrogen (secondary N) is 3. The lowest BCUT2D eigenvalue weighted by atomic mass is 9.96. The van der Waals surface area contributed by atoms with Gasteiger partial charge in [0.05, 0.1) is 0 Å². The largest absolute Gasteiger partial charge is 0.341 e. The number of rotatable bonds is 3. The molecule has 1 aliphatic heterocycles. The van der Waals surface area contributed by atoms with Crippen molar-refractivity contribution in [2.24, 2.45) is 5.92 Å². The zero-order valence-electron chi connectivity index (χ0n) is 8.23. The maximum atomic E-state index is 10.8. The molecule has 1 aliphatic rings. The van der Waals surface area contributed by atoms with Crippen molar-refractivity contribution in [1.82, 2.24) is 16.0 Å². The van der Waals surface area contributed by atoms with Crippen LogP contribution in [0.4, 0.5) is 4.79 Å². The van der Waals surface area contributed by atoms with Crippen molar-refractivity contribution in [3.8, 4) is 0 Å². The molecule has 76 valence electrons. The molecule has 1 unspecified atom stereocenters. The third-order valence-electron chi connectivity index (χ3n) is 2.46. The van der Waals surface area contributed by atoms with Crippen molar-refractivity contribution in [2.75, 3.05) is 26.7 Å². The van der Waals surface area contributed by atoms with Gasteiger partial charge in [-0.25, -0.2) is 4.79 Å². The van der Waals surface area contributed by atoms with Gasteiger partial charge < -0.3 is 16.0 Å². The Balaban J connectivity index is 2.01. The summed E-state index contributed by atoms with van der Waals surface area (Å²) < 4.78 is 0. The van der Waals surface area contributed by atoms with Gasteiger partial charge in [-0.2, -0.15) is 0 Å². The number of hydrogen-bond donors (Lipinski definition) is 3. The van der Waals surface area contributed by atoms with E-state index in [1.807, 2.05) is 0 Å². The van der Waals surface area contributed by atoms with E-state index in [2.05, 4.69) is 16.0 Å². The number of hydrogen-bond acceptors (Lipinski definition) is 2. The number of urea groups is 1. The first-order chi connectivity index (χ1) is 6.33. The van der Waals surface area contributed by atoms with Crippen molar-refractivity contribution in [1.29, 1.82) is 0 Å². The predicted molar refractivity (Wildman–Crippen MR) is 52.7 cm³/mol. The first-order valence-corrected chi connectivity index (χ1v) is 4.99. The Morgan fingerprint density at radius 2 is 2.46 bits per heavy atom. The Kier molecular flexibility index (Phi) is 4.60. The Hall–Kier alpha value is -0.770. The molecule has 1 heterocycles. The summed E-state index contributed by atoms with van der Waals surface area (Å²) in [4.78, 5) is 10.8. The number of carbonyl (C=O) groups is 1. The molecule has 0 aromatic carbocycles. The Morgan fingerprint density at radius 3 is 3.08 bits per heavy atom. The summed E-state index contributed by atoms with van der Waals surface area (Å²) in [5, 5.41) is 8.70. The lowest BCUT2D eigenvalue weighted by molar-refractivity contribution is 0.241. The normalized spacial score (nSPS) is 22.4. The monoisotopic (exact) mass is 185 g/mol. The van der Waals surface area contributed by atoms with E-state index in [4.69, 9.17) is 0 Å². The molecule has 0 bridgehead atoms. The zero-order chi connectivity index (χ0) is 9.52. The van der Waals surface area contributed by atoms with E-state index in [1.165, 1.54) is 12.8 Å². The summed E-state index contributed by atoms with van der Waals surface area (Å²) in [5.41, 5.74) is 0. The molecule has 0 aliphatic carbocycles. The van der Waals surface area contributed by atoms with Crippen LogP contribution in [-0.2, 0) is 0 Å². The summed E-state index contributed by atoms with van der Waals surface area (Å²) in [6.45, 7) is 3.04. The van der Waals surface area contributed by atoms with E-state index in [0.29, 0.717) is 0 Å². The molecule has 4 heteroatoms. The highest BCUT2D eigenvalue weighted by molar-refractivity contribution is 5.73. The molecule has 0 spiro atoms. The van der Waals surface area contributed by atoms with E-state index >= 15 is 0 Å². The van der Waals surface area contributed by atoms with E-state index < -0.39 is 0 Å². The molecule has 1 atom stereocenters. The number of carbonyl (C=O) groups excluding carboxylic acids is 1. The Bertz CT molecular complexity index is 155. The van der Waals surface area contributed by atoms with Gasteiger partial charge in [-0.3, -0.25) is 0 Å². The van der Waals surface area contributed by atoms with Crippen LogP contribution in [-0.4, -0.2) is 32.7 Å². The summed E-state index contributed by atoms with van der Waals surface area (Å²) in [6.07, 6.45) is 3.65. The molecule has 2 amide bonds. The first-order valence-electron chi connectivity index (χ1n) is 4.99. The van der Waals surface area contributed by atoms with Gasteiger partial charge in [0.15, 0.2) is 0 Å². The molecular formula is C9H19N3O. The fourth-order valence-electron chi connectivity index (χ4n) is 1.65. The van der Waals surface area contributed by atoms with Gasteiger partial charge in [0.25, 0.3) is 0 Å². The fraction of sp³-hybridized carbons (Fsp3) is 0.889. The van der Waals surface area contributed by atoms with Crippen molar-refractivity contribution in [3.63, 3.8) is 0 Å². The van der Waals surface area contributed by atoms with Gasteiger partial charge in [0.1, 0.15) is 0 Å². The Labute approximate surface area is 79.5 Å². The Morgan fingerprint density at radius 1 is 1.62 bits per heavy atom. The van der Waals surface area contributed by atoms with Crippen LogP contribution in [0.5, 0.6) is 0 Å². The van der Waals surface area contributed by atoms with E-state index in [1.54, 1.807) is 7.05 Å². The summed E-state index contributed by atoms with van der Waals surface area (Å²) in [7, 11) is 1.64. The van der Waals surface area contributed by atoms with Crippen LogP contribution in [0, 0.1) is 5.92 Å². The minimum atomic E-state index is -0.0798. The van der Waals surface area contributed by atoms with Gasteiger partial charge in [-0.05, 0) is 38.3 Å². The number of piperidine rings is 1. The van der Waals surface area contributed by atoms with Gasteiger partial charge in [0, 0.05) is 13.6 Å². The highest BCUT2D eigenvalue weighted by Gasteiger charge is 2.12. The van der Waals surface area contributed by atoms with Crippen molar-refractivity contribution in [3.05, 3.63) is 0 Å². The smallest absolute Gasteiger partial charge is 0.314 e. The molecule has 4 nitrogen and oxygen atoms in total. The molecule has 1 saturated heterocycles. The highest BCUT2D eigenvalue weighted by Crippen LogP contribution is 2.12. The number of amides is 2. The summed E-state index contributed by atoms with van der Waals surface area (Å²) in [6, 6.07) is -0.0798. The second kappa shape index (κ2) is 5.80. The molecule has 0 saturated carbocycles. The second-order valence-electron chi connectivity index (χ2n) is 3.51. The molecule has 0 aromatic rings. The average Bonchev–Trinajstić information content (AvgIpc) is 2.19. The maximum absolute atomic E-state index is 10.8. The highest BCUT2D eigenvalue weighted by atomic mass is 16.2. The van der Waals surface area contributed by atoms with Crippen LogP contribution in [0.1, 0.15) is 19.3 Å². The third kappa shape index (κ3) is 4.12. The van der Waals surface area contributed by atoms with Crippen molar-refractivity contribution >= 4 is 6.03 Å². The molecular weight excluding hydrogens is 166 g/mol. The predicted octanol–water partition coefficient (Wildman–Crippen LogP) is 0.305. The standard InChI is InChI=1S/C9H19N3O/c1-10-9(13)12-6-4-8-3-2-5-11-7-8/h8,11H,2-7H2,1H3,(H2,10,12,13). The van der Waals surface area contributed by atoms with Gasteiger partial charge in [-0.15, -0.1) is 0 Å². The molecule has 3 N–H and O–H groups in total. The van der Waals surface area contributed by atoms with Gasteiger partial charge in [-0.1, -0.05) is 0 Å². The molecule has 13 heavy (non-hydrogen) atoms. The van der Waals surface area contributed by atoms with Crippen molar-refractivity contribution in [2.45, 2.75) is 19.3 Å². The molecule has 1 fully saturated rings. The first kappa shape index (κ1) is 10.3. The minimum Gasteiger partial charge on any atom is -0.341 e. The SMILES string of the molecule is CNC(=O)NCCC1CCCNC1. The van der Waals surface area contributed by atoms with Crippen molar-refractivity contribution < 1.29 is 4.79 Å². The fourth-order valence-corrected chi connectivity index (χ4v) is 1.65. The average molecular weight is 185 g/mol. The second-order valence-corrected chi connectivity index (χ2v) is 3.51. The summed E-state index contributed by atoms with van der Waals surface area (Å²) >= 11 is 0. The summed E-state index contributed by atoms with van der Waals surface area (Å²) in [5.74, 6) is 0.742. The van der Waals surface area contributed by atoms with E-state index in [9.17, 15) is 4.79 Å². The van der Waals surface area contributed by atoms with Crippen LogP contribution in [0.25, 0.3) is 0 Å². The van der Waals surface area contributed by atoms with Gasteiger partial charge >= 0.3 is 6.03 Å². The molecule has 0 radical (unpaired) electrons. The van der Waals surface area contributed by atoms with Crippen LogP contribution in [0.2, 0.25) is 0 Å². The van der Waals surface area contributed by atoms with Crippen LogP contribution >= 0.6 is 0 Å².